The van der Waals surface area contributed by atoms with Crippen LogP contribution in [0.4, 0.5) is 5.69 Å². The first-order valence-corrected chi connectivity index (χ1v) is 7.86. The van der Waals surface area contributed by atoms with Crippen molar-refractivity contribution in [3.63, 3.8) is 0 Å². The molecule has 2 heterocycles. The molecule has 0 unspecified atom stereocenters. The summed E-state index contributed by atoms with van der Waals surface area (Å²) in [6.45, 7) is 3.04. The Morgan fingerprint density at radius 1 is 1.10 bits per heavy atom. The fourth-order valence-corrected chi connectivity index (χ4v) is 3.78. The SMILES string of the molecule is Cc1ccc2c(c1)[C@H]1OCCC[C@H]1[C@@H](c1ccccc1)N2. The smallest absolute Gasteiger partial charge is 0.0895 e. The van der Waals surface area contributed by atoms with Gasteiger partial charge in [0.25, 0.3) is 0 Å². The average molecular weight is 279 g/mol. The minimum Gasteiger partial charge on any atom is -0.378 e. The van der Waals surface area contributed by atoms with Gasteiger partial charge in [-0.25, -0.2) is 0 Å². The van der Waals surface area contributed by atoms with E-state index in [1.807, 2.05) is 0 Å². The molecule has 21 heavy (non-hydrogen) atoms. The summed E-state index contributed by atoms with van der Waals surface area (Å²) in [6.07, 6.45) is 2.62. The van der Waals surface area contributed by atoms with Crippen LogP contribution in [-0.4, -0.2) is 6.61 Å². The summed E-state index contributed by atoms with van der Waals surface area (Å²) < 4.78 is 6.18. The standard InChI is InChI=1S/C19H21NO/c1-13-9-10-17-16(12-13)19-15(8-5-11-21-19)18(20-17)14-6-3-2-4-7-14/h2-4,6-7,9-10,12,15,18-20H,5,8,11H2,1H3/t15-,18+,19-/m0/s1. The van der Waals surface area contributed by atoms with E-state index in [0.29, 0.717) is 12.0 Å². The van der Waals surface area contributed by atoms with E-state index in [1.165, 1.54) is 28.8 Å². The third kappa shape index (κ3) is 2.24. The second kappa shape index (κ2) is 5.19. The summed E-state index contributed by atoms with van der Waals surface area (Å²) in [4.78, 5) is 0. The molecule has 1 N–H and O–H groups in total. The van der Waals surface area contributed by atoms with Crippen molar-refractivity contribution < 1.29 is 4.74 Å². The van der Waals surface area contributed by atoms with Crippen LogP contribution >= 0.6 is 0 Å². The monoisotopic (exact) mass is 279 g/mol. The fourth-order valence-electron chi connectivity index (χ4n) is 3.78. The Morgan fingerprint density at radius 2 is 1.95 bits per heavy atom. The minimum atomic E-state index is 0.236. The zero-order valence-corrected chi connectivity index (χ0v) is 12.4. The summed E-state index contributed by atoms with van der Waals surface area (Å²) in [5.41, 5.74) is 5.25. The zero-order valence-electron chi connectivity index (χ0n) is 12.4. The van der Waals surface area contributed by atoms with Crippen molar-refractivity contribution in [3.8, 4) is 0 Å². The number of hydrogen-bond acceptors (Lipinski definition) is 2. The molecule has 2 heteroatoms. The fraction of sp³-hybridized carbons (Fsp3) is 0.368. The predicted molar refractivity (Wildman–Crippen MR) is 85.4 cm³/mol. The summed E-state index contributed by atoms with van der Waals surface area (Å²) in [6, 6.07) is 17.8. The van der Waals surface area contributed by atoms with Crippen molar-refractivity contribution in [2.75, 3.05) is 11.9 Å². The molecule has 0 aromatic heterocycles. The molecule has 2 aromatic rings. The molecule has 2 aliphatic heterocycles. The Labute approximate surface area is 126 Å². The molecule has 0 spiro atoms. The number of rotatable bonds is 1. The topological polar surface area (TPSA) is 21.3 Å². The van der Waals surface area contributed by atoms with Gasteiger partial charge in [-0.1, -0.05) is 48.0 Å². The van der Waals surface area contributed by atoms with E-state index in [1.54, 1.807) is 0 Å². The van der Waals surface area contributed by atoms with Crippen LogP contribution in [0.3, 0.4) is 0 Å². The Morgan fingerprint density at radius 3 is 2.81 bits per heavy atom. The molecule has 2 aliphatic rings. The van der Waals surface area contributed by atoms with Crippen LogP contribution in [0, 0.1) is 12.8 Å². The molecule has 4 rings (SSSR count). The van der Waals surface area contributed by atoms with E-state index in [2.05, 4.69) is 60.8 Å². The maximum Gasteiger partial charge on any atom is 0.0895 e. The van der Waals surface area contributed by atoms with E-state index in [9.17, 15) is 0 Å². The Balaban J connectivity index is 1.79. The van der Waals surface area contributed by atoms with Gasteiger partial charge in [0.15, 0.2) is 0 Å². The lowest BCUT2D eigenvalue weighted by atomic mass is 9.77. The average Bonchev–Trinajstić information content (AvgIpc) is 2.55. The van der Waals surface area contributed by atoms with Crippen LogP contribution < -0.4 is 5.32 Å². The lowest BCUT2D eigenvalue weighted by molar-refractivity contribution is -0.0381. The predicted octanol–water partition coefficient (Wildman–Crippen LogP) is 4.63. The first-order valence-electron chi connectivity index (χ1n) is 7.86. The normalized spacial score (nSPS) is 27.4. The summed E-state index contributed by atoms with van der Waals surface area (Å²) in [5, 5.41) is 3.76. The second-order valence-corrected chi connectivity index (χ2v) is 6.22. The number of nitrogens with one attached hydrogen (secondary N) is 1. The molecule has 0 saturated carbocycles. The highest BCUT2D eigenvalue weighted by molar-refractivity contribution is 5.58. The van der Waals surface area contributed by atoms with Crippen molar-refractivity contribution in [1.29, 1.82) is 0 Å². The van der Waals surface area contributed by atoms with Crippen molar-refractivity contribution in [2.24, 2.45) is 5.92 Å². The van der Waals surface area contributed by atoms with Gasteiger partial charge in [0, 0.05) is 23.8 Å². The van der Waals surface area contributed by atoms with E-state index in [4.69, 9.17) is 4.74 Å². The molecular weight excluding hydrogens is 258 g/mol. The molecule has 1 saturated heterocycles. The number of aryl methyl sites for hydroxylation is 1. The molecule has 2 nitrogen and oxygen atoms in total. The van der Waals surface area contributed by atoms with Crippen LogP contribution in [0.2, 0.25) is 0 Å². The number of fused-ring (bicyclic) bond motifs is 3. The minimum absolute atomic E-state index is 0.236. The van der Waals surface area contributed by atoms with Crippen molar-refractivity contribution in [1.82, 2.24) is 0 Å². The van der Waals surface area contributed by atoms with E-state index < -0.39 is 0 Å². The molecule has 3 atom stereocenters. The zero-order chi connectivity index (χ0) is 14.2. The Bertz CT molecular complexity index is 637. The Kier molecular flexibility index (Phi) is 3.19. The van der Waals surface area contributed by atoms with Gasteiger partial charge in [-0.15, -0.1) is 0 Å². The summed E-state index contributed by atoms with van der Waals surface area (Å²) in [5.74, 6) is 0.524. The van der Waals surface area contributed by atoms with Gasteiger partial charge in [-0.05, 0) is 31.4 Å². The number of ether oxygens (including phenoxy) is 1. The largest absolute Gasteiger partial charge is 0.378 e. The molecule has 108 valence electrons. The second-order valence-electron chi connectivity index (χ2n) is 6.22. The summed E-state index contributed by atoms with van der Waals surface area (Å²) >= 11 is 0. The van der Waals surface area contributed by atoms with Crippen molar-refractivity contribution in [3.05, 3.63) is 65.2 Å². The van der Waals surface area contributed by atoms with Crippen LogP contribution in [0.5, 0.6) is 0 Å². The van der Waals surface area contributed by atoms with Crippen LogP contribution in [0.15, 0.2) is 48.5 Å². The lowest BCUT2D eigenvalue weighted by Gasteiger charge is -2.43. The third-order valence-electron chi connectivity index (χ3n) is 4.78. The number of anilines is 1. The lowest BCUT2D eigenvalue weighted by Crippen LogP contribution is -2.36. The Hall–Kier alpha value is -1.80. The van der Waals surface area contributed by atoms with Crippen molar-refractivity contribution in [2.45, 2.75) is 31.9 Å². The maximum atomic E-state index is 6.18. The highest BCUT2D eigenvalue weighted by Crippen LogP contribution is 2.49. The number of benzene rings is 2. The first-order chi connectivity index (χ1) is 10.3. The van der Waals surface area contributed by atoms with Gasteiger partial charge in [0.05, 0.1) is 12.1 Å². The van der Waals surface area contributed by atoms with Crippen LogP contribution in [-0.2, 0) is 4.74 Å². The van der Waals surface area contributed by atoms with Gasteiger partial charge in [0.2, 0.25) is 0 Å². The van der Waals surface area contributed by atoms with Gasteiger partial charge in [-0.2, -0.15) is 0 Å². The van der Waals surface area contributed by atoms with Gasteiger partial charge >= 0.3 is 0 Å². The van der Waals surface area contributed by atoms with E-state index >= 15 is 0 Å². The molecule has 2 aromatic carbocycles. The molecule has 0 amide bonds. The molecule has 0 bridgehead atoms. The van der Waals surface area contributed by atoms with Gasteiger partial charge < -0.3 is 10.1 Å². The maximum absolute atomic E-state index is 6.18. The van der Waals surface area contributed by atoms with Crippen LogP contribution in [0.1, 0.15) is 41.7 Å². The van der Waals surface area contributed by atoms with E-state index in [-0.39, 0.29) is 6.10 Å². The van der Waals surface area contributed by atoms with E-state index in [0.717, 1.165) is 13.0 Å². The highest BCUT2D eigenvalue weighted by atomic mass is 16.5. The quantitative estimate of drug-likeness (QED) is 0.821. The molecule has 0 radical (unpaired) electrons. The first kappa shape index (κ1) is 12.9. The van der Waals surface area contributed by atoms with Gasteiger partial charge in [-0.3, -0.25) is 0 Å². The third-order valence-corrected chi connectivity index (χ3v) is 4.78. The number of hydrogen-bond donors (Lipinski definition) is 1. The molecular formula is C19H21NO. The highest BCUT2D eigenvalue weighted by Gasteiger charge is 2.39. The van der Waals surface area contributed by atoms with Crippen molar-refractivity contribution >= 4 is 5.69 Å². The summed E-state index contributed by atoms with van der Waals surface area (Å²) in [7, 11) is 0. The molecule has 0 aliphatic carbocycles. The van der Waals surface area contributed by atoms with Crippen LogP contribution in [0.25, 0.3) is 0 Å². The molecule has 1 fully saturated rings. The van der Waals surface area contributed by atoms with Gasteiger partial charge in [0.1, 0.15) is 0 Å².